The van der Waals surface area contributed by atoms with E-state index in [1.807, 2.05) is 0 Å². The molecular weight excluding hydrogens is 351 g/mol. The highest BCUT2D eigenvalue weighted by atomic mass is 19.1. The molecule has 2 aliphatic heterocycles. The average Bonchev–Trinajstić information content (AvgIpc) is 2.69. The Bertz CT molecular complexity index is 881. The molecule has 0 bridgehead atoms. The molecular formula is C19H21FN4O3. The summed E-state index contributed by atoms with van der Waals surface area (Å²) < 4.78 is 24.7. The number of aromatic nitrogens is 2. The first-order valence-corrected chi connectivity index (χ1v) is 8.91. The summed E-state index contributed by atoms with van der Waals surface area (Å²) in [5, 5.41) is 0. The molecule has 2 aromatic rings. The van der Waals surface area contributed by atoms with Crippen LogP contribution in [-0.2, 0) is 16.8 Å². The summed E-state index contributed by atoms with van der Waals surface area (Å²) in [5.74, 6) is -0.348. The van der Waals surface area contributed by atoms with Gasteiger partial charge in [-0.05, 0) is 43.0 Å². The van der Waals surface area contributed by atoms with Crippen molar-refractivity contribution in [3.63, 3.8) is 0 Å². The van der Waals surface area contributed by atoms with E-state index in [1.54, 1.807) is 11.1 Å². The number of piperidine rings is 1. The lowest BCUT2D eigenvalue weighted by atomic mass is 9.83. The summed E-state index contributed by atoms with van der Waals surface area (Å²) >= 11 is 0. The summed E-state index contributed by atoms with van der Waals surface area (Å²) in [4.78, 5) is 23.1. The largest absolute Gasteiger partial charge is 0.494 e. The highest BCUT2D eigenvalue weighted by molar-refractivity contribution is 5.94. The highest BCUT2D eigenvalue weighted by Crippen LogP contribution is 2.40. The molecule has 0 atom stereocenters. The summed E-state index contributed by atoms with van der Waals surface area (Å²) in [6.45, 7) is 1.63. The third-order valence-electron chi connectivity index (χ3n) is 5.32. The standard InChI is InChI=1S/C19H21FN4O3/c1-26-15-10-12(2-3-14(15)20)17(25)24-7-5-19(6-8-24)16-13(4-9-27-19)11-22-18(21)23-16/h2-3,10-11H,4-9H2,1H3,(H2,21,22,23). The Morgan fingerprint density at radius 1 is 1.37 bits per heavy atom. The van der Waals surface area contributed by atoms with Crippen molar-refractivity contribution >= 4 is 11.9 Å². The minimum absolute atomic E-state index is 0.0612. The van der Waals surface area contributed by atoms with E-state index < -0.39 is 11.4 Å². The van der Waals surface area contributed by atoms with Gasteiger partial charge >= 0.3 is 0 Å². The quantitative estimate of drug-likeness (QED) is 0.866. The molecule has 2 aliphatic rings. The number of hydrogen-bond donors (Lipinski definition) is 1. The zero-order valence-corrected chi connectivity index (χ0v) is 15.1. The molecule has 1 saturated heterocycles. The van der Waals surface area contributed by atoms with Crippen molar-refractivity contribution in [2.75, 3.05) is 32.5 Å². The number of hydrogen-bond acceptors (Lipinski definition) is 6. The second kappa shape index (κ2) is 6.77. The number of nitrogen functional groups attached to an aromatic ring is 1. The van der Waals surface area contributed by atoms with Gasteiger partial charge in [0.25, 0.3) is 5.91 Å². The maximum atomic E-state index is 13.6. The number of rotatable bonds is 2. The number of methoxy groups -OCH3 is 1. The van der Waals surface area contributed by atoms with Crippen LogP contribution in [0.25, 0.3) is 0 Å². The van der Waals surface area contributed by atoms with E-state index in [0.717, 1.165) is 17.7 Å². The number of anilines is 1. The lowest BCUT2D eigenvalue weighted by molar-refractivity contribution is -0.0966. The van der Waals surface area contributed by atoms with Crippen LogP contribution in [-0.4, -0.2) is 47.6 Å². The summed E-state index contributed by atoms with van der Waals surface area (Å²) in [6, 6.07) is 4.16. The first-order chi connectivity index (χ1) is 13.0. The van der Waals surface area contributed by atoms with Crippen LogP contribution < -0.4 is 10.5 Å². The van der Waals surface area contributed by atoms with E-state index in [9.17, 15) is 9.18 Å². The highest BCUT2D eigenvalue weighted by Gasteiger charge is 2.43. The van der Waals surface area contributed by atoms with Crippen molar-refractivity contribution in [1.82, 2.24) is 14.9 Å². The number of carbonyl (C=O) groups excluding carboxylic acids is 1. The van der Waals surface area contributed by atoms with Crippen LogP contribution in [0.3, 0.4) is 0 Å². The molecule has 0 unspecified atom stereocenters. The molecule has 1 spiro atoms. The Morgan fingerprint density at radius 2 is 2.15 bits per heavy atom. The molecule has 0 aliphatic carbocycles. The second-order valence-electron chi connectivity index (χ2n) is 6.84. The molecule has 1 fully saturated rings. The maximum absolute atomic E-state index is 13.6. The Kier molecular flexibility index (Phi) is 4.43. The number of fused-ring (bicyclic) bond motifs is 2. The lowest BCUT2D eigenvalue weighted by Gasteiger charge is -2.44. The SMILES string of the molecule is COc1cc(C(=O)N2CCC3(CC2)OCCc2cnc(N)nc23)ccc1F. The van der Waals surface area contributed by atoms with Gasteiger partial charge in [-0.2, -0.15) is 0 Å². The fraction of sp³-hybridized carbons (Fsp3) is 0.421. The van der Waals surface area contributed by atoms with Gasteiger partial charge in [0.2, 0.25) is 5.95 Å². The fourth-order valence-corrected chi connectivity index (χ4v) is 3.85. The third kappa shape index (κ3) is 3.10. The van der Waals surface area contributed by atoms with E-state index in [0.29, 0.717) is 38.1 Å². The van der Waals surface area contributed by atoms with Gasteiger partial charge in [-0.15, -0.1) is 0 Å². The number of likely N-dealkylation sites (tertiary alicyclic amines) is 1. The van der Waals surface area contributed by atoms with Crippen molar-refractivity contribution in [1.29, 1.82) is 0 Å². The molecule has 7 nitrogen and oxygen atoms in total. The molecule has 4 rings (SSSR count). The normalized spacial score (nSPS) is 18.2. The van der Waals surface area contributed by atoms with E-state index in [2.05, 4.69) is 9.97 Å². The molecule has 142 valence electrons. The minimum Gasteiger partial charge on any atom is -0.494 e. The van der Waals surface area contributed by atoms with E-state index in [1.165, 1.54) is 25.3 Å². The van der Waals surface area contributed by atoms with Gasteiger partial charge in [-0.1, -0.05) is 0 Å². The summed E-state index contributed by atoms with van der Waals surface area (Å²) in [5.41, 5.74) is 7.55. The zero-order valence-electron chi connectivity index (χ0n) is 15.1. The number of ether oxygens (including phenoxy) is 2. The summed E-state index contributed by atoms with van der Waals surface area (Å²) in [6.07, 6.45) is 3.78. The first-order valence-electron chi connectivity index (χ1n) is 8.91. The molecule has 0 radical (unpaired) electrons. The molecule has 27 heavy (non-hydrogen) atoms. The number of benzene rings is 1. The lowest BCUT2D eigenvalue weighted by Crippen LogP contribution is -2.49. The van der Waals surface area contributed by atoms with Gasteiger partial charge in [0.1, 0.15) is 5.60 Å². The molecule has 1 aromatic heterocycles. The van der Waals surface area contributed by atoms with Crippen LogP contribution >= 0.6 is 0 Å². The van der Waals surface area contributed by atoms with Gasteiger partial charge in [0, 0.05) is 24.8 Å². The monoisotopic (exact) mass is 372 g/mol. The molecule has 1 aromatic carbocycles. The Morgan fingerprint density at radius 3 is 2.89 bits per heavy atom. The number of carbonyl (C=O) groups is 1. The van der Waals surface area contributed by atoms with Gasteiger partial charge in [-0.3, -0.25) is 4.79 Å². The molecule has 3 heterocycles. The van der Waals surface area contributed by atoms with Crippen LogP contribution in [0.4, 0.5) is 10.3 Å². The summed E-state index contributed by atoms with van der Waals surface area (Å²) in [7, 11) is 1.38. The predicted molar refractivity (Wildman–Crippen MR) is 95.9 cm³/mol. The Hall–Kier alpha value is -2.74. The van der Waals surface area contributed by atoms with E-state index in [-0.39, 0.29) is 17.6 Å². The minimum atomic E-state index is -0.526. The molecule has 1 amide bonds. The van der Waals surface area contributed by atoms with Crippen molar-refractivity contribution in [3.8, 4) is 5.75 Å². The van der Waals surface area contributed by atoms with Crippen LogP contribution in [0.1, 0.15) is 34.5 Å². The van der Waals surface area contributed by atoms with E-state index >= 15 is 0 Å². The first kappa shape index (κ1) is 17.7. The number of nitrogens with zero attached hydrogens (tertiary/aromatic N) is 3. The molecule has 0 saturated carbocycles. The molecule has 8 heteroatoms. The molecule has 2 N–H and O–H groups in total. The van der Waals surface area contributed by atoms with Gasteiger partial charge in [-0.25, -0.2) is 14.4 Å². The second-order valence-corrected chi connectivity index (χ2v) is 6.84. The van der Waals surface area contributed by atoms with Crippen molar-refractivity contribution in [3.05, 3.63) is 47.0 Å². The van der Waals surface area contributed by atoms with Crippen molar-refractivity contribution < 1.29 is 18.7 Å². The topological polar surface area (TPSA) is 90.6 Å². The average molecular weight is 372 g/mol. The smallest absolute Gasteiger partial charge is 0.253 e. The van der Waals surface area contributed by atoms with Crippen LogP contribution in [0, 0.1) is 5.82 Å². The third-order valence-corrected chi connectivity index (χ3v) is 5.32. The number of nitrogens with two attached hydrogens (primary N) is 1. The fourth-order valence-electron chi connectivity index (χ4n) is 3.85. The van der Waals surface area contributed by atoms with E-state index in [4.69, 9.17) is 15.2 Å². The predicted octanol–water partition coefficient (Wildman–Crippen LogP) is 1.91. The van der Waals surface area contributed by atoms with Crippen LogP contribution in [0.2, 0.25) is 0 Å². The van der Waals surface area contributed by atoms with Gasteiger partial charge in [0.15, 0.2) is 11.6 Å². The van der Waals surface area contributed by atoms with Crippen molar-refractivity contribution in [2.24, 2.45) is 0 Å². The number of amides is 1. The van der Waals surface area contributed by atoms with Crippen molar-refractivity contribution in [2.45, 2.75) is 24.9 Å². The van der Waals surface area contributed by atoms with Crippen LogP contribution in [0.5, 0.6) is 5.75 Å². The van der Waals surface area contributed by atoms with Crippen LogP contribution in [0.15, 0.2) is 24.4 Å². The Labute approximate surface area is 156 Å². The zero-order chi connectivity index (χ0) is 19.0. The van der Waals surface area contributed by atoms with Gasteiger partial charge in [0.05, 0.1) is 19.4 Å². The van der Waals surface area contributed by atoms with Gasteiger partial charge < -0.3 is 20.1 Å². The number of halogens is 1. The Balaban J connectivity index is 1.53. The maximum Gasteiger partial charge on any atom is 0.253 e.